The number of rotatable bonds is 5. The van der Waals surface area contributed by atoms with E-state index in [2.05, 4.69) is 4.72 Å². The van der Waals surface area contributed by atoms with Gasteiger partial charge in [-0.1, -0.05) is 18.2 Å². The second kappa shape index (κ2) is 6.70. The minimum absolute atomic E-state index is 0.133. The van der Waals surface area contributed by atoms with Crippen LogP contribution in [-0.4, -0.2) is 28.7 Å². The number of hydrogen-bond acceptors (Lipinski definition) is 5. The van der Waals surface area contributed by atoms with Crippen LogP contribution in [0.2, 0.25) is 0 Å². The van der Waals surface area contributed by atoms with Crippen molar-refractivity contribution < 1.29 is 22.6 Å². The summed E-state index contributed by atoms with van der Waals surface area (Å²) in [5.74, 6) is 1.63. The average molecular weight is 349 g/mol. The van der Waals surface area contributed by atoms with Gasteiger partial charge >= 0.3 is 0 Å². The predicted octanol–water partition coefficient (Wildman–Crippen LogP) is 2.51. The topological polar surface area (TPSA) is 73.9 Å². The maximum Gasteiger partial charge on any atom is 0.241 e. The number of nitrogens with one attached hydrogen (secondary N) is 1. The minimum Gasteiger partial charge on any atom is -0.496 e. The molecule has 6 nitrogen and oxygen atoms in total. The van der Waals surface area contributed by atoms with E-state index in [4.69, 9.17) is 14.2 Å². The lowest BCUT2D eigenvalue weighted by molar-refractivity contribution is 0.171. The molecule has 0 saturated heterocycles. The van der Waals surface area contributed by atoms with E-state index in [9.17, 15) is 8.42 Å². The van der Waals surface area contributed by atoms with Gasteiger partial charge in [-0.15, -0.1) is 0 Å². The Labute approximate surface area is 141 Å². The van der Waals surface area contributed by atoms with Gasteiger partial charge < -0.3 is 14.2 Å². The molecule has 128 valence electrons. The maximum absolute atomic E-state index is 12.7. The molecular formula is C17H19NO5S. The average Bonchev–Trinajstić information content (AvgIpc) is 2.60. The molecule has 1 atom stereocenters. The zero-order valence-corrected chi connectivity index (χ0v) is 14.3. The van der Waals surface area contributed by atoms with Gasteiger partial charge in [-0.2, -0.15) is 0 Å². The summed E-state index contributed by atoms with van der Waals surface area (Å²) in [7, 11) is -2.15. The molecule has 2 aromatic carbocycles. The predicted molar refractivity (Wildman–Crippen MR) is 89.2 cm³/mol. The number of ether oxygens (including phenoxy) is 3. The van der Waals surface area contributed by atoms with Crippen LogP contribution in [0.25, 0.3) is 0 Å². The van der Waals surface area contributed by atoms with Gasteiger partial charge in [0.1, 0.15) is 19.0 Å². The molecule has 1 N–H and O–H groups in total. The summed E-state index contributed by atoms with van der Waals surface area (Å²) in [4.78, 5) is 0.133. The van der Waals surface area contributed by atoms with E-state index in [1.54, 1.807) is 26.2 Å². The normalized spacial score (nSPS) is 14.9. The zero-order valence-electron chi connectivity index (χ0n) is 13.5. The molecule has 24 heavy (non-hydrogen) atoms. The summed E-state index contributed by atoms with van der Waals surface area (Å²) in [6, 6.07) is 11.4. The highest BCUT2D eigenvalue weighted by Crippen LogP contribution is 2.33. The number of para-hydroxylation sites is 1. The van der Waals surface area contributed by atoms with E-state index in [1.807, 2.05) is 18.2 Å². The smallest absolute Gasteiger partial charge is 0.241 e. The molecule has 0 amide bonds. The molecular weight excluding hydrogens is 330 g/mol. The highest BCUT2D eigenvalue weighted by molar-refractivity contribution is 7.89. The third-order valence-electron chi connectivity index (χ3n) is 3.76. The molecule has 2 aromatic rings. The Bertz CT molecular complexity index is 835. The number of methoxy groups -OCH3 is 1. The Morgan fingerprint density at radius 1 is 1.08 bits per heavy atom. The Morgan fingerprint density at radius 2 is 1.79 bits per heavy atom. The molecule has 0 spiro atoms. The summed E-state index contributed by atoms with van der Waals surface area (Å²) in [5, 5.41) is 0. The molecule has 0 aliphatic carbocycles. The van der Waals surface area contributed by atoms with Gasteiger partial charge in [0.05, 0.1) is 12.0 Å². The highest BCUT2D eigenvalue weighted by Gasteiger charge is 2.23. The molecule has 0 radical (unpaired) electrons. The summed E-state index contributed by atoms with van der Waals surface area (Å²) < 4.78 is 44.1. The first-order chi connectivity index (χ1) is 11.5. The van der Waals surface area contributed by atoms with Gasteiger partial charge in [0, 0.05) is 17.7 Å². The lowest BCUT2D eigenvalue weighted by Crippen LogP contribution is -2.27. The van der Waals surface area contributed by atoms with Gasteiger partial charge in [0.2, 0.25) is 10.0 Å². The number of fused-ring (bicyclic) bond motifs is 1. The van der Waals surface area contributed by atoms with E-state index in [0.29, 0.717) is 30.5 Å². The largest absolute Gasteiger partial charge is 0.496 e. The van der Waals surface area contributed by atoms with E-state index >= 15 is 0 Å². The molecule has 7 heteroatoms. The second-order valence-electron chi connectivity index (χ2n) is 5.39. The van der Waals surface area contributed by atoms with Crippen LogP contribution in [0.1, 0.15) is 18.5 Å². The van der Waals surface area contributed by atoms with Gasteiger partial charge in [-0.25, -0.2) is 13.1 Å². The standard InChI is InChI=1S/C17H19NO5S/c1-12(14-5-3-4-6-15(14)21-2)18-24(19,20)13-7-8-16-17(11-13)23-10-9-22-16/h3-8,11-12,18H,9-10H2,1-2H3/t12-/m0/s1. The molecule has 1 aliphatic heterocycles. The lowest BCUT2D eigenvalue weighted by atomic mass is 10.1. The molecule has 1 heterocycles. The lowest BCUT2D eigenvalue weighted by Gasteiger charge is -2.20. The fraction of sp³-hybridized carbons (Fsp3) is 0.294. The van der Waals surface area contributed by atoms with Crippen LogP contribution in [0.3, 0.4) is 0 Å². The molecule has 0 aromatic heterocycles. The third kappa shape index (κ3) is 3.32. The van der Waals surface area contributed by atoms with Crippen LogP contribution in [-0.2, 0) is 10.0 Å². The number of benzene rings is 2. The van der Waals surface area contributed by atoms with E-state index in [0.717, 1.165) is 5.56 Å². The Morgan fingerprint density at radius 3 is 2.54 bits per heavy atom. The van der Waals surface area contributed by atoms with Crippen molar-refractivity contribution in [3.8, 4) is 17.2 Å². The van der Waals surface area contributed by atoms with Gasteiger partial charge in [0.25, 0.3) is 0 Å². The van der Waals surface area contributed by atoms with Crippen molar-refractivity contribution in [3.05, 3.63) is 48.0 Å². The molecule has 0 fully saturated rings. The van der Waals surface area contributed by atoms with Crippen LogP contribution in [0.4, 0.5) is 0 Å². The van der Waals surface area contributed by atoms with E-state index in [1.165, 1.54) is 12.1 Å². The first-order valence-electron chi connectivity index (χ1n) is 7.56. The monoisotopic (exact) mass is 349 g/mol. The van der Waals surface area contributed by atoms with Crippen LogP contribution in [0.15, 0.2) is 47.4 Å². The fourth-order valence-electron chi connectivity index (χ4n) is 2.58. The number of sulfonamides is 1. The Hall–Kier alpha value is -2.25. The van der Waals surface area contributed by atoms with Crippen LogP contribution >= 0.6 is 0 Å². The van der Waals surface area contributed by atoms with Crippen molar-refractivity contribution in [2.75, 3.05) is 20.3 Å². The maximum atomic E-state index is 12.7. The van der Waals surface area contributed by atoms with E-state index < -0.39 is 16.1 Å². The van der Waals surface area contributed by atoms with E-state index in [-0.39, 0.29) is 4.90 Å². The van der Waals surface area contributed by atoms with Crippen LogP contribution in [0, 0.1) is 0 Å². The second-order valence-corrected chi connectivity index (χ2v) is 7.10. The SMILES string of the molecule is COc1ccccc1[C@H](C)NS(=O)(=O)c1ccc2c(c1)OCCO2. The first kappa shape index (κ1) is 16.6. The zero-order chi connectivity index (χ0) is 17.2. The van der Waals surface area contributed by atoms with Crippen molar-refractivity contribution in [2.24, 2.45) is 0 Å². The Balaban J connectivity index is 1.86. The van der Waals surface area contributed by atoms with Crippen LogP contribution < -0.4 is 18.9 Å². The van der Waals surface area contributed by atoms with Crippen LogP contribution in [0.5, 0.6) is 17.2 Å². The molecule has 1 aliphatic rings. The number of hydrogen-bond donors (Lipinski definition) is 1. The van der Waals surface area contributed by atoms with Crippen molar-refractivity contribution >= 4 is 10.0 Å². The fourth-order valence-corrected chi connectivity index (χ4v) is 3.82. The molecule has 0 bridgehead atoms. The Kier molecular flexibility index (Phi) is 4.64. The quantitative estimate of drug-likeness (QED) is 0.898. The third-order valence-corrected chi connectivity index (χ3v) is 5.30. The van der Waals surface area contributed by atoms with Gasteiger partial charge in [-0.3, -0.25) is 0 Å². The van der Waals surface area contributed by atoms with Crippen molar-refractivity contribution in [3.63, 3.8) is 0 Å². The van der Waals surface area contributed by atoms with Crippen molar-refractivity contribution in [2.45, 2.75) is 17.9 Å². The summed E-state index contributed by atoms with van der Waals surface area (Å²) in [5.41, 5.74) is 0.765. The van der Waals surface area contributed by atoms with Crippen molar-refractivity contribution in [1.82, 2.24) is 4.72 Å². The summed E-state index contributed by atoms with van der Waals surface area (Å²) >= 11 is 0. The molecule has 0 unspecified atom stereocenters. The first-order valence-corrected chi connectivity index (χ1v) is 9.04. The molecule has 0 saturated carbocycles. The summed E-state index contributed by atoms with van der Waals surface area (Å²) in [6.45, 7) is 2.64. The van der Waals surface area contributed by atoms with Gasteiger partial charge in [-0.05, 0) is 25.1 Å². The van der Waals surface area contributed by atoms with Gasteiger partial charge in [0.15, 0.2) is 11.5 Å². The minimum atomic E-state index is -3.71. The van der Waals surface area contributed by atoms with Crippen molar-refractivity contribution in [1.29, 1.82) is 0 Å². The highest BCUT2D eigenvalue weighted by atomic mass is 32.2. The summed E-state index contributed by atoms with van der Waals surface area (Å²) in [6.07, 6.45) is 0. The molecule has 3 rings (SSSR count).